The number of halogens is 3. The van der Waals surface area contributed by atoms with Gasteiger partial charge in [0.05, 0.1) is 5.56 Å². The summed E-state index contributed by atoms with van der Waals surface area (Å²) in [6, 6.07) is 20.0. The molecule has 0 aliphatic carbocycles. The molecule has 160 valence electrons. The van der Waals surface area contributed by atoms with E-state index in [2.05, 4.69) is 30.3 Å². The first-order valence-electron chi connectivity index (χ1n) is 10.4. The summed E-state index contributed by atoms with van der Waals surface area (Å²) in [4.78, 5) is 0. The van der Waals surface area contributed by atoms with Gasteiger partial charge in [-0.2, -0.15) is 0 Å². The summed E-state index contributed by atoms with van der Waals surface area (Å²) >= 11 is 0. The van der Waals surface area contributed by atoms with Crippen LogP contribution in [-0.2, 0) is 6.42 Å². The summed E-state index contributed by atoms with van der Waals surface area (Å²) in [6.07, 6.45) is 3.37. The van der Waals surface area contributed by atoms with Crippen molar-refractivity contribution in [3.8, 4) is 23.7 Å². The van der Waals surface area contributed by atoms with Gasteiger partial charge in [0.15, 0.2) is 11.6 Å². The van der Waals surface area contributed by atoms with Gasteiger partial charge >= 0.3 is 0 Å². The summed E-state index contributed by atoms with van der Waals surface area (Å²) in [6.45, 7) is 3.68. The maximum atomic E-state index is 14.3. The largest absolute Gasteiger partial charge is 0.206 e. The standard InChI is InChI=1S/C30H19F3/c1-2-3-4-23-12-15-25(28(31)18-23)14-11-22-7-5-21(6-8-22)9-10-24-13-16-26-19-29(32)30(33)20-27(26)17-24/h2,5-8,12-13,15-20H,1,3-4H2. The van der Waals surface area contributed by atoms with E-state index in [-0.39, 0.29) is 5.82 Å². The summed E-state index contributed by atoms with van der Waals surface area (Å²) in [5, 5.41) is 1.21. The molecule has 3 heteroatoms. The van der Waals surface area contributed by atoms with Crippen molar-refractivity contribution < 1.29 is 13.2 Å². The van der Waals surface area contributed by atoms with Crippen molar-refractivity contribution in [3.05, 3.63) is 131 Å². The molecule has 0 saturated heterocycles. The van der Waals surface area contributed by atoms with E-state index in [0.29, 0.717) is 21.9 Å². The molecular weight excluding hydrogens is 417 g/mol. The second kappa shape index (κ2) is 9.94. The zero-order valence-electron chi connectivity index (χ0n) is 17.8. The van der Waals surface area contributed by atoms with Crippen molar-refractivity contribution in [1.82, 2.24) is 0 Å². The average molecular weight is 436 g/mol. The lowest BCUT2D eigenvalue weighted by Crippen LogP contribution is -1.89. The third kappa shape index (κ3) is 5.53. The van der Waals surface area contributed by atoms with Gasteiger partial charge in [-0.25, -0.2) is 13.2 Å². The van der Waals surface area contributed by atoms with E-state index in [0.717, 1.165) is 29.5 Å². The maximum absolute atomic E-state index is 14.3. The van der Waals surface area contributed by atoms with E-state index >= 15 is 0 Å². The molecule has 0 bridgehead atoms. The van der Waals surface area contributed by atoms with Crippen LogP contribution in [0.2, 0.25) is 0 Å². The number of benzene rings is 4. The van der Waals surface area contributed by atoms with Crippen LogP contribution in [0.5, 0.6) is 0 Å². The topological polar surface area (TPSA) is 0 Å². The van der Waals surface area contributed by atoms with Crippen molar-refractivity contribution >= 4 is 10.8 Å². The summed E-state index contributed by atoms with van der Waals surface area (Å²) < 4.78 is 41.1. The highest BCUT2D eigenvalue weighted by Gasteiger charge is 2.04. The fourth-order valence-electron chi connectivity index (χ4n) is 3.32. The molecule has 0 radical (unpaired) electrons. The van der Waals surface area contributed by atoms with Crippen molar-refractivity contribution in [2.24, 2.45) is 0 Å². The first-order valence-corrected chi connectivity index (χ1v) is 10.4. The van der Waals surface area contributed by atoms with Crippen LogP contribution in [0.1, 0.15) is 34.2 Å². The molecule has 0 nitrogen and oxygen atoms in total. The molecule has 4 rings (SSSR count). The number of allylic oxidation sites excluding steroid dienone is 1. The van der Waals surface area contributed by atoms with Crippen LogP contribution in [0.4, 0.5) is 13.2 Å². The number of rotatable bonds is 3. The van der Waals surface area contributed by atoms with Crippen LogP contribution in [-0.4, -0.2) is 0 Å². The normalized spacial score (nSPS) is 10.2. The summed E-state index contributed by atoms with van der Waals surface area (Å²) in [5.74, 6) is 9.86. The van der Waals surface area contributed by atoms with Gasteiger partial charge in [0.25, 0.3) is 0 Å². The molecule has 33 heavy (non-hydrogen) atoms. The minimum atomic E-state index is -0.882. The lowest BCUT2D eigenvalue weighted by atomic mass is 10.1. The van der Waals surface area contributed by atoms with Crippen LogP contribution in [0.3, 0.4) is 0 Å². The van der Waals surface area contributed by atoms with Crippen LogP contribution >= 0.6 is 0 Å². The first kappa shape index (κ1) is 22.0. The summed E-state index contributed by atoms with van der Waals surface area (Å²) in [7, 11) is 0. The number of hydrogen-bond donors (Lipinski definition) is 0. The Morgan fingerprint density at radius 2 is 1.21 bits per heavy atom. The highest BCUT2D eigenvalue weighted by molar-refractivity contribution is 5.84. The predicted octanol–water partition coefficient (Wildman–Crippen LogP) is 7.18. The van der Waals surface area contributed by atoms with Gasteiger partial charge in [-0.05, 0) is 89.8 Å². The quantitative estimate of drug-likeness (QED) is 0.236. The van der Waals surface area contributed by atoms with Crippen molar-refractivity contribution in [2.75, 3.05) is 0 Å². The first-order chi connectivity index (χ1) is 16.0. The van der Waals surface area contributed by atoms with Crippen LogP contribution in [0.25, 0.3) is 10.8 Å². The maximum Gasteiger partial charge on any atom is 0.159 e. The molecule has 0 fully saturated rings. The van der Waals surface area contributed by atoms with E-state index in [1.54, 1.807) is 24.3 Å². The van der Waals surface area contributed by atoms with Crippen molar-refractivity contribution in [3.63, 3.8) is 0 Å². The SMILES string of the molecule is C=CCCc1ccc(C#Cc2ccc(C#Cc3ccc4cc(F)c(F)cc4c3)cc2)c(F)c1. The van der Waals surface area contributed by atoms with Gasteiger partial charge < -0.3 is 0 Å². The van der Waals surface area contributed by atoms with E-state index in [9.17, 15) is 13.2 Å². The zero-order chi connectivity index (χ0) is 23.2. The third-order valence-corrected chi connectivity index (χ3v) is 5.13. The van der Waals surface area contributed by atoms with Gasteiger partial charge in [0.1, 0.15) is 5.82 Å². The lowest BCUT2D eigenvalue weighted by Gasteiger charge is -2.00. The summed E-state index contributed by atoms with van der Waals surface area (Å²) in [5.41, 5.74) is 3.50. The average Bonchev–Trinajstić information content (AvgIpc) is 2.82. The lowest BCUT2D eigenvalue weighted by molar-refractivity contribution is 0.511. The number of aryl methyl sites for hydroxylation is 1. The Morgan fingerprint density at radius 1 is 0.606 bits per heavy atom. The van der Waals surface area contributed by atoms with Crippen molar-refractivity contribution in [2.45, 2.75) is 12.8 Å². The second-order valence-electron chi connectivity index (χ2n) is 7.55. The molecular formula is C30H19F3. The van der Waals surface area contributed by atoms with Gasteiger partial charge in [0.2, 0.25) is 0 Å². The Bertz CT molecular complexity index is 1460. The van der Waals surface area contributed by atoms with Gasteiger partial charge in [-0.3, -0.25) is 0 Å². The Hall–Kier alpha value is -4.21. The predicted molar refractivity (Wildman–Crippen MR) is 127 cm³/mol. The molecule has 0 heterocycles. The van der Waals surface area contributed by atoms with Gasteiger partial charge in [0, 0.05) is 16.7 Å². The van der Waals surface area contributed by atoms with Gasteiger partial charge in [-0.1, -0.05) is 41.9 Å². The minimum Gasteiger partial charge on any atom is -0.206 e. The monoisotopic (exact) mass is 436 g/mol. The molecule has 0 aliphatic heterocycles. The minimum absolute atomic E-state index is 0.329. The van der Waals surface area contributed by atoms with E-state index in [1.165, 1.54) is 18.2 Å². The van der Waals surface area contributed by atoms with Crippen LogP contribution < -0.4 is 0 Å². The Kier molecular flexibility index (Phi) is 6.63. The molecule has 0 unspecified atom stereocenters. The fraction of sp³-hybridized carbons (Fsp3) is 0.0667. The third-order valence-electron chi connectivity index (χ3n) is 5.13. The highest BCUT2D eigenvalue weighted by atomic mass is 19.2. The Morgan fingerprint density at radius 3 is 1.88 bits per heavy atom. The molecule has 0 atom stereocenters. The smallest absolute Gasteiger partial charge is 0.159 e. The van der Waals surface area contributed by atoms with E-state index < -0.39 is 11.6 Å². The van der Waals surface area contributed by atoms with Crippen LogP contribution in [0.15, 0.2) is 85.5 Å². The fourth-order valence-corrected chi connectivity index (χ4v) is 3.32. The molecule has 0 spiro atoms. The molecule has 0 saturated carbocycles. The molecule has 0 N–H and O–H groups in total. The highest BCUT2D eigenvalue weighted by Crippen LogP contribution is 2.20. The molecule has 4 aromatic carbocycles. The van der Waals surface area contributed by atoms with E-state index in [4.69, 9.17) is 0 Å². The number of hydrogen-bond acceptors (Lipinski definition) is 0. The Labute approximate surface area is 191 Å². The molecule has 0 aliphatic rings. The van der Waals surface area contributed by atoms with E-state index in [1.807, 2.05) is 36.4 Å². The van der Waals surface area contributed by atoms with Crippen molar-refractivity contribution in [1.29, 1.82) is 0 Å². The van der Waals surface area contributed by atoms with Gasteiger partial charge in [-0.15, -0.1) is 6.58 Å². The number of fused-ring (bicyclic) bond motifs is 1. The Balaban J connectivity index is 1.48. The molecule has 0 amide bonds. The molecule has 4 aromatic rings. The second-order valence-corrected chi connectivity index (χ2v) is 7.55. The zero-order valence-corrected chi connectivity index (χ0v) is 17.8. The molecule has 0 aromatic heterocycles. The van der Waals surface area contributed by atoms with Crippen LogP contribution in [0, 0.1) is 41.1 Å².